The molecule has 1 aliphatic heterocycles. The predicted molar refractivity (Wildman–Crippen MR) is 90.9 cm³/mol. The average molecular weight is 363 g/mol. The van der Waals surface area contributed by atoms with Crippen molar-refractivity contribution < 1.29 is 9.53 Å². The molecule has 1 aromatic carbocycles. The number of para-hydroxylation sites is 1. The van der Waals surface area contributed by atoms with E-state index < -0.39 is 0 Å². The normalized spacial score (nSPS) is 22.6. The molecular weight excluding hydrogens is 344 g/mol. The van der Waals surface area contributed by atoms with Crippen molar-refractivity contribution in [3.8, 4) is 0 Å². The van der Waals surface area contributed by atoms with Crippen molar-refractivity contribution in [1.29, 1.82) is 0 Å². The maximum atomic E-state index is 11.7. The molecule has 0 radical (unpaired) electrons. The number of aromatic amines is 1. The molecule has 0 aliphatic carbocycles. The molecule has 1 N–H and O–H groups in total. The summed E-state index contributed by atoms with van der Waals surface area (Å²) in [5, 5.41) is 1.26. The number of likely N-dealkylation sites (N-methyl/N-ethyl adjacent to an activating group) is 1. The number of carbonyl (C=O) groups is 1. The lowest BCUT2D eigenvalue weighted by Gasteiger charge is -2.34. The average Bonchev–Trinajstić information content (AvgIpc) is 2.93. The number of benzene rings is 1. The van der Waals surface area contributed by atoms with Crippen LogP contribution < -0.4 is 0 Å². The molecule has 2 heterocycles. The van der Waals surface area contributed by atoms with Gasteiger partial charge in [-0.1, -0.05) is 40.2 Å². The predicted octanol–water partition coefficient (Wildman–Crippen LogP) is 3.09. The summed E-state index contributed by atoms with van der Waals surface area (Å²) in [7, 11) is 3.48. The van der Waals surface area contributed by atoms with Crippen LogP contribution in [0.1, 0.15) is 5.56 Å². The number of rotatable bonds is 3. The van der Waals surface area contributed by atoms with Crippen LogP contribution in [-0.4, -0.2) is 42.6 Å². The zero-order valence-corrected chi connectivity index (χ0v) is 14.3. The van der Waals surface area contributed by atoms with Crippen LogP contribution in [0.15, 0.2) is 41.0 Å². The standard InChI is InChI=1S/C17H19BrN2O2/c1-20-10-12(17(21)22-2)7-14(18)16(20)8-11-9-19-15-6-4-3-5-13(11)15/h3-7,9,12,16,19H,8,10H2,1-2H3/t12-,16-/m1/s1. The molecule has 0 saturated heterocycles. The summed E-state index contributed by atoms with van der Waals surface area (Å²) in [4.78, 5) is 17.3. The molecule has 3 rings (SSSR count). The lowest BCUT2D eigenvalue weighted by molar-refractivity contribution is -0.144. The van der Waals surface area contributed by atoms with Gasteiger partial charge in [-0.25, -0.2) is 0 Å². The number of fused-ring (bicyclic) bond motifs is 1. The molecule has 0 amide bonds. The van der Waals surface area contributed by atoms with E-state index in [-0.39, 0.29) is 17.9 Å². The first-order valence-electron chi connectivity index (χ1n) is 7.30. The number of nitrogens with zero attached hydrogens (tertiary/aromatic N) is 1. The van der Waals surface area contributed by atoms with E-state index >= 15 is 0 Å². The lowest BCUT2D eigenvalue weighted by atomic mass is 9.96. The van der Waals surface area contributed by atoms with Crippen LogP contribution in [0, 0.1) is 5.92 Å². The Morgan fingerprint density at radius 1 is 1.45 bits per heavy atom. The molecule has 0 fully saturated rings. The second kappa shape index (κ2) is 6.26. The second-order valence-corrected chi connectivity index (χ2v) is 6.62. The summed E-state index contributed by atoms with van der Waals surface area (Å²) >= 11 is 3.64. The van der Waals surface area contributed by atoms with E-state index in [0.29, 0.717) is 6.54 Å². The monoisotopic (exact) mass is 362 g/mol. The van der Waals surface area contributed by atoms with Crippen molar-refractivity contribution in [2.75, 3.05) is 20.7 Å². The number of halogens is 1. The number of carbonyl (C=O) groups excluding carboxylic acids is 1. The first kappa shape index (κ1) is 15.3. The van der Waals surface area contributed by atoms with Gasteiger partial charge in [-0.15, -0.1) is 0 Å². The Kier molecular flexibility index (Phi) is 4.36. The molecule has 1 aliphatic rings. The number of H-pyrrole nitrogens is 1. The fourth-order valence-corrected chi connectivity index (χ4v) is 3.89. The summed E-state index contributed by atoms with van der Waals surface area (Å²) in [6, 6.07) is 8.55. The zero-order valence-electron chi connectivity index (χ0n) is 12.7. The van der Waals surface area contributed by atoms with Crippen LogP contribution in [0.4, 0.5) is 0 Å². The minimum Gasteiger partial charge on any atom is -0.469 e. The minimum absolute atomic E-state index is 0.186. The smallest absolute Gasteiger partial charge is 0.313 e. The molecule has 0 spiro atoms. The molecule has 0 unspecified atom stereocenters. The van der Waals surface area contributed by atoms with Gasteiger partial charge in [0, 0.05) is 34.2 Å². The number of nitrogens with one attached hydrogen (secondary N) is 1. The maximum absolute atomic E-state index is 11.7. The number of ether oxygens (including phenoxy) is 1. The zero-order chi connectivity index (χ0) is 15.7. The summed E-state index contributed by atoms with van der Waals surface area (Å²) < 4.78 is 5.89. The van der Waals surface area contributed by atoms with Gasteiger partial charge in [0.2, 0.25) is 0 Å². The first-order valence-corrected chi connectivity index (χ1v) is 8.09. The van der Waals surface area contributed by atoms with Gasteiger partial charge in [-0.05, 0) is 25.1 Å². The van der Waals surface area contributed by atoms with E-state index in [2.05, 4.69) is 50.2 Å². The Hall–Kier alpha value is -1.59. The fourth-order valence-electron chi connectivity index (χ4n) is 3.06. The van der Waals surface area contributed by atoms with Crippen LogP contribution in [-0.2, 0) is 16.0 Å². The quantitative estimate of drug-likeness (QED) is 0.853. The van der Waals surface area contributed by atoms with E-state index in [9.17, 15) is 4.79 Å². The Labute approximate surface area is 138 Å². The van der Waals surface area contributed by atoms with E-state index in [1.165, 1.54) is 18.1 Å². The highest BCUT2D eigenvalue weighted by Crippen LogP contribution is 2.30. The summed E-state index contributed by atoms with van der Waals surface area (Å²) in [6.07, 6.45) is 4.95. The number of aromatic nitrogens is 1. The number of esters is 1. The number of methoxy groups -OCH3 is 1. The molecule has 2 aromatic rings. The number of hydrogen-bond acceptors (Lipinski definition) is 3. The molecule has 0 saturated carbocycles. The summed E-state index contributed by atoms with van der Waals surface area (Å²) in [5.41, 5.74) is 2.44. The molecular formula is C17H19BrN2O2. The Morgan fingerprint density at radius 2 is 2.23 bits per heavy atom. The molecule has 1 aromatic heterocycles. The highest BCUT2D eigenvalue weighted by Gasteiger charge is 2.30. The van der Waals surface area contributed by atoms with Crippen LogP contribution in [0.25, 0.3) is 10.9 Å². The van der Waals surface area contributed by atoms with E-state index in [1.807, 2.05) is 19.2 Å². The third kappa shape index (κ3) is 2.83. The lowest BCUT2D eigenvalue weighted by Crippen LogP contribution is -2.42. The van der Waals surface area contributed by atoms with Crippen molar-refractivity contribution in [2.24, 2.45) is 5.92 Å². The molecule has 116 valence electrons. The minimum atomic E-state index is -0.205. The molecule has 4 nitrogen and oxygen atoms in total. The highest BCUT2D eigenvalue weighted by molar-refractivity contribution is 9.11. The van der Waals surface area contributed by atoms with Crippen molar-refractivity contribution in [1.82, 2.24) is 9.88 Å². The van der Waals surface area contributed by atoms with Crippen molar-refractivity contribution in [2.45, 2.75) is 12.5 Å². The Morgan fingerprint density at radius 3 is 2.95 bits per heavy atom. The summed E-state index contributed by atoms with van der Waals surface area (Å²) in [5.74, 6) is -0.391. The number of hydrogen-bond donors (Lipinski definition) is 1. The van der Waals surface area contributed by atoms with Gasteiger partial charge in [-0.3, -0.25) is 9.69 Å². The molecule has 22 heavy (non-hydrogen) atoms. The van der Waals surface area contributed by atoms with Gasteiger partial charge in [-0.2, -0.15) is 0 Å². The van der Waals surface area contributed by atoms with Crippen LogP contribution in [0.3, 0.4) is 0 Å². The fraction of sp³-hybridized carbons (Fsp3) is 0.353. The van der Waals surface area contributed by atoms with Crippen molar-refractivity contribution >= 4 is 32.8 Å². The van der Waals surface area contributed by atoms with Crippen LogP contribution in [0.2, 0.25) is 0 Å². The third-order valence-corrected chi connectivity index (χ3v) is 5.08. The van der Waals surface area contributed by atoms with Gasteiger partial charge in [0.1, 0.15) is 0 Å². The first-order chi connectivity index (χ1) is 10.6. The van der Waals surface area contributed by atoms with Crippen molar-refractivity contribution in [3.05, 3.63) is 46.6 Å². The van der Waals surface area contributed by atoms with Gasteiger partial charge in [0.15, 0.2) is 0 Å². The molecule has 2 atom stereocenters. The van der Waals surface area contributed by atoms with Gasteiger partial charge in [0.05, 0.1) is 13.0 Å². The topological polar surface area (TPSA) is 45.3 Å². The SMILES string of the molecule is COC(=O)[C@@H]1C=C(Br)[C@@H](Cc2c[nH]c3ccccc23)N(C)C1. The van der Waals surface area contributed by atoms with E-state index in [1.54, 1.807) is 0 Å². The maximum Gasteiger partial charge on any atom is 0.313 e. The summed E-state index contributed by atoms with van der Waals surface area (Å²) in [6.45, 7) is 0.675. The van der Waals surface area contributed by atoms with Crippen molar-refractivity contribution in [3.63, 3.8) is 0 Å². The van der Waals surface area contributed by atoms with Crippen LogP contribution in [0.5, 0.6) is 0 Å². The van der Waals surface area contributed by atoms with E-state index in [4.69, 9.17) is 4.74 Å². The van der Waals surface area contributed by atoms with Gasteiger partial charge in [0.25, 0.3) is 0 Å². The van der Waals surface area contributed by atoms with E-state index in [0.717, 1.165) is 16.4 Å². The third-order valence-electron chi connectivity index (χ3n) is 4.29. The Bertz CT molecular complexity index is 722. The second-order valence-electron chi connectivity index (χ2n) is 5.70. The Balaban J connectivity index is 1.84. The van der Waals surface area contributed by atoms with Gasteiger partial charge >= 0.3 is 5.97 Å². The van der Waals surface area contributed by atoms with Gasteiger partial charge < -0.3 is 9.72 Å². The largest absolute Gasteiger partial charge is 0.469 e. The molecule has 0 bridgehead atoms. The van der Waals surface area contributed by atoms with Crippen LogP contribution >= 0.6 is 15.9 Å². The molecule has 5 heteroatoms. The highest BCUT2D eigenvalue weighted by atomic mass is 79.9.